The zero-order chi connectivity index (χ0) is 19.6. The largest absolute Gasteiger partial charge is 0.358 e. The van der Waals surface area contributed by atoms with E-state index in [2.05, 4.69) is 31.9 Å². The highest BCUT2D eigenvalue weighted by molar-refractivity contribution is 9.10. The molecule has 1 aromatic heterocycles. The zero-order valence-electron chi connectivity index (χ0n) is 16.2. The van der Waals surface area contributed by atoms with E-state index in [0.29, 0.717) is 19.5 Å². The van der Waals surface area contributed by atoms with Gasteiger partial charge in [-0.15, -0.1) is 0 Å². The highest BCUT2D eigenvalue weighted by Gasteiger charge is 2.22. The van der Waals surface area contributed by atoms with Gasteiger partial charge in [0, 0.05) is 61.3 Å². The number of benzene rings is 1. The summed E-state index contributed by atoms with van der Waals surface area (Å²) in [6.45, 7) is 5.45. The summed E-state index contributed by atoms with van der Waals surface area (Å²) in [5, 5.41) is 1.10. The second kappa shape index (κ2) is 8.44. The molecule has 146 valence electrons. The molecule has 1 aliphatic heterocycles. The summed E-state index contributed by atoms with van der Waals surface area (Å²) in [6, 6.07) is 6.10. The topological polar surface area (TPSA) is 59.7 Å². The van der Waals surface area contributed by atoms with Gasteiger partial charge in [-0.25, -0.2) is 0 Å². The van der Waals surface area contributed by atoms with Crippen molar-refractivity contribution >= 4 is 38.6 Å². The number of carbonyl (C=O) groups excluding carboxylic acids is 2. The van der Waals surface area contributed by atoms with Gasteiger partial charge in [0.2, 0.25) is 11.8 Å². The number of nitrogens with zero attached hydrogens (tertiary/aromatic N) is 3. The summed E-state index contributed by atoms with van der Waals surface area (Å²) in [7, 11) is 3.55. The van der Waals surface area contributed by atoms with Gasteiger partial charge in [-0.1, -0.05) is 15.9 Å². The number of likely N-dealkylation sites (N-methyl/N-ethyl adjacent to an activating group) is 1. The molecule has 1 aromatic carbocycles. The summed E-state index contributed by atoms with van der Waals surface area (Å²) < 4.78 is 1.01. The minimum Gasteiger partial charge on any atom is -0.358 e. The van der Waals surface area contributed by atoms with Crippen LogP contribution in [-0.2, 0) is 16.0 Å². The number of amides is 2. The number of fused-ring (bicyclic) bond motifs is 1. The summed E-state index contributed by atoms with van der Waals surface area (Å²) in [6.07, 6.45) is 1.30. The molecule has 0 spiro atoms. The Morgan fingerprint density at radius 1 is 1.19 bits per heavy atom. The molecule has 3 rings (SSSR count). The molecule has 2 heterocycles. The van der Waals surface area contributed by atoms with E-state index in [-0.39, 0.29) is 11.8 Å². The lowest BCUT2D eigenvalue weighted by atomic mass is 10.1. The van der Waals surface area contributed by atoms with Crippen molar-refractivity contribution in [3.8, 4) is 0 Å². The molecule has 1 N–H and O–H groups in total. The molecule has 2 aromatic rings. The van der Waals surface area contributed by atoms with E-state index in [0.717, 1.165) is 52.7 Å². The average Bonchev–Trinajstić information content (AvgIpc) is 2.79. The normalized spacial score (nSPS) is 15.8. The van der Waals surface area contributed by atoms with Crippen molar-refractivity contribution in [1.82, 2.24) is 19.7 Å². The molecule has 0 saturated carbocycles. The molecular formula is C20H27BrN4O2. The number of aromatic amines is 1. The quantitative estimate of drug-likeness (QED) is 0.803. The lowest BCUT2D eigenvalue weighted by molar-refractivity contribution is -0.130. The molecule has 2 amide bonds. The fourth-order valence-corrected chi connectivity index (χ4v) is 3.92. The van der Waals surface area contributed by atoms with Crippen molar-refractivity contribution in [1.29, 1.82) is 0 Å². The van der Waals surface area contributed by atoms with Crippen LogP contribution in [0.25, 0.3) is 10.9 Å². The van der Waals surface area contributed by atoms with Gasteiger partial charge in [0.15, 0.2) is 0 Å². The highest BCUT2D eigenvalue weighted by Crippen LogP contribution is 2.26. The summed E-state index contributed by atoms with van der Waals surface area (Å²) in [5.41, 5.74) is 3.17. The van der Waals surface area contributed by atoms with Gasteiger partial charge in [-0.3, -0.25) is 14.5 Å². The number of aryl methyl sites for hydroxylation is 1. The maximum atomic E-state index is 12.9. The van der Waals surface area contributed by atoms with E-state index in [1.165, 1.54) is 0 Å². The van der Waals surface area contributed by atoms with E-state index in [9.17, 15) is 9.59 Å². The first-order valence-corrected chi connectivity index (χ1v) is 10.1. The van der Waals surface area contributed by atoms with Crippen LogP contribution >= 0.6 is 15.9 Å². The van der Waals surface area contributed by atoms with Crippen molar-refractivity contribution in [2.24, 2.45) is 0 Å². The van der Waals surface area contributed by atoms with Gasteiger partial charge in [0.1, 0.15) is 0 Å². The predicted octanol–water partition coefficient (Wildman–Crippen LogP) is 2.40. The Morgan fingerprint density at radius 3 is 2.70 bits per heavy atom. The average molecular weight is 435 g/mol. The molecule has 27 heavy (non-hydrogen) atoms. The van der Waals surface area contributed by atoms with Crippen LogP contribution in [0.4, 0.5) is 0 Å². The predicted molar refractivity (Wildman–Crippen MR) is 111 cm³/mol. The Bertz CT molecular complexity index is 846. The Hall–Kier alpha value is -1.86. The molecular weight excluding hydrogens is 408 g/mol. The molecule has 1 saturated heterocycles. The number of hydrogen-bond acceptors (Lipinski definition) is 3. The molecule has 1 aliphatic rings. The second-order valence-corrected chi connectivity index (χ2v) is 8.31. The van der Waals surface area contributed by atoms with Crippen LogP contribution in [0.1, 0.15) is 17.7 Å². The van der Waals surface area contributed by atoms with Crippen LogP contribution in [0.5, 0.6) is 0 Å². The van der Waals surface area contributed by atoms with Gasteiger partial charge in [-0.2, -0.15) is 0 Å². The SMILES string of the molecule is Cc1[nH]c2ccc(Br)cc2c1CC(=O)N1CCCN(CC(=O)N(C)C)CC1. The lowest BCUT2D eigenvalue weighted by Gasteiger charge is -2.23. The van der Waals surface area contributed by atoms with Gasteiger partial charge < -0.3 is 14.8 Å². The van der Waals surface area contributed by atoms with Gasteiger partial charge in [0.05, 0.1) is 13.0 Å². The fraction of sp³-hybridized carbons (Fsp3) is 0.500. The number of nitrogens with one attached hydrogen (secondary N) is 1. The smallest absolute Gasteiger partial charge is 0.236 e. The molecule has 7 heteroatoms. The van der Waals surface area contributed by atoms with E-state index < -0.39 is 0 Å². The number of carbonyl (C=O) groups is 2. The third-order valence-electron chi connectivity index (χ3n) is 5.21. The summed E-state index contributed by atoms with van der Waals surface area (Å²) >= 11 is 3.52. The summed E-state index contributed by atoms with van der Waals surface area (Å²) in [5.74, 6) is 0.259. The Labute approximate surface area is 168 Å². The van der Waals surface area contributed by atoms with E-state index in [1.807, 2.05) is 24.0 Å². The lowest BCUT2D eigenvalue weighted by Crippen LogP contribution is -2.40. The maximum absolute atomic E-state index is 12.9. The standard InChI is InChI=1S/C20H27BrN4O2/c1-14-16(17-11-15(21)5-6-18(17)22-14)12-19(26)25-8-4-7-24(9-10-25)13-20(27)23(2)3/h5-6,11,22H,4,7-10,12-13H2,1-3H3. The van der Waals surface area contributed by atoms with Crippen molar-refractivity contribution in [2.75, 3.05) is 46.8 Å². The Kier molecular flexibility index (Phi) is 6.22. The van der Waals surface area contributed by atoms with Crippen molar-refractivity contribution in [2.45, 2.75) is 19.8 Å². The van der Waals surface area contributed by atoms with Gasteiger partial charge in [0.25, 0.3) is 0 Å². The number of aromatic nitrogens is 1. The third kappa shape index (κ3) is 4.71. The molecule has 0 aliphatic carbocycles. The first-order chi connectivity index (χ1) is 12.8. The van der Waals surface area contributed by atoms with Crippen LogP contribution in [-0.4, -0.2) is 78.3 Å². The van der Waals surface area contributed by atoms with E-state index >= 15 is 0 Å². The molecule has 0 atom stereocenters. The third-order valence-corrected chi connectivity index (χ3v) is 5.70. The van der Waals surface area contributed by atoms with Crippen LogP contribution < -0.4 is 0 Å². The first-order valence-electron chi connectivity index (χ1n) is 9.32. The number of hydrogen-bond donors (Lipinski definition) is 1. The Morgan fingerprint density at radius 2 is 1.96 bits per heavy atom. The zero-order valence-corrected chi connectivity index (χ0v) is 17.8. The second-order valence-electron chi connectivity index (χ2n) is 7.39. The monoisotopic (exact) mass is 434 g/mol. The highest BCUT2D eigenvalue weighted by atomic mass is 79.9. The van der Waals surface area contributed by atoms with Gasteiger partial charge >= 0.3 is 0 Å². The molecule has 1 fully saturated rings. The minimum absolute atomic E-state index is 0.106. The molecule has 0 unspecified atom stereocenters. The van der Waals surface area contributed by atoms with Crippen LogP contribution in [0, 0.1) is 6.92 Å². The van der Waals surface area contributed by atoms with Crippen molar-refractivity contribution < 1.29 is 9.59 Å². The number of halogens is 1. The minimum atomic E-state index is 0.106. The summed E-state index contributed by atoms with van der Waals surface area (Å²) in [4.78, 5) is 34.0. The van der Waals surface area contributed by atoms with Crippen molar-refractivity contribution in [3.05, 3.63) is 33.9 Å². The van der Waals surface area contributed by atoms with Crippen molar-refractivity contribution in [3.63, 3.8) is 0 Å². The first kappa shape index (κ1) is 19.9. The molecule has 0 radical (unpaired) electrons. The Balaban J connectivity index is 1.66. The molecule has 6 nitrogen and oxygen atoms in total. The maximum Gasteiger partial charge on any atom is 0.236 e. The van der Waals surface area contributed by atoms with Crippen LogP contribution in [0.15, 0.2) is 22.7 Å². The van der Waals surface area contributed by atoms with Gasteiger partial charge in [-0.05, 0) is 37.1 Å². The molecule has 0 bridgehead atoms. The van der Waals surface area contributed by atoms with Crippen LogP contribution in [0.2, 0.25) is 0 Å². The van der Waals surface area contributed by atoms with Crippen LogP contribution in [0.3, 0.4) is 0 Å². The van der Waals surface area contributed by atoms with E-state index in [4.69, 9.17) is 0 Å². The van der Waals surface area contributed by atoms with E-state index in [1.54, 1.807) is 19.0 Å². The number of rotatable bonds is 4. The number of H-pyrrole nitrogens is 1. The fourth-order valence-electron chi connectivity index (χ4n) is 3.56.